The van der Waals surface area contributed by atoms with Crippen LogP contribution >= 0.6 is 0 Å². The van der Waals surface area contributed by atoms with Gasteiger partial charge in [0.05, 0.1) is 12.1 Å². The standard InChI is InChI=1S/C19H39NO4Si/c1-18(2,3)24-17(22)20-13-9-12-16(21)15(20)11-10-14-23-25(7,8)19(4,5)6/h15-16,21H,9-14H2,1-8H3/t15-,16+/m1/s1. The van der Waals surface area contributed by atoms with Crippen LogP contribution in [0.2, 0.25) is 18.1 Å². The summed E-state index contributed by atoms with van der Waals surface area (Å²) < 4.78 is 11.7. The summed E-state index contributed by atoms with van der Waals surface area (Å²) in [5.74, 6) is 0. The van der Waals surface area contributed by atoms with Crippen molar-refractivity contribution in [3.63, 3.8) is 0 Å². The molecule has 25 heavy (non-hydrogen) atoms. The molecule has 0 aromatic heterocycles. The van der Waals surface area contributed by atoms with Crippen LogP contribution < -0.4 is 0 Å². The number of carbonyl (C=O) groups is 1. The summed E-state index contributed by atoms with van der Waals surface area (Å²) in [6, 6.07) is -0.174. The predicted octanol–water partition coefficient (Wildman–Crippen LogP) is 4.55. The molecule has 1 amide bonds. The molecule has 0 spiro atoms. The zero-order valence-electron chi connectivity index (χ0n) is 17.5. The number of carbonyl (C=O) groups excluding carboxylic acids is 1. The third-order valence-corrected chi connectivity index (χ3v) is 9.82. The van der Waals surface area contributed by atoms with E-state index in [0.29, 0.717) is 13.2 Å². The van der Waals surface area contributed by atoms with E-state index in [1.165, 1.54) is 0 Å². The highest BCUT2D eigenvalue weighted by molar-refractivity contribution is 6.74. The van der Waals surface area contributed by atoms with Gasteiger partial charge in [0.1, 0.15) is 5.60 Å². The molecule has 1 saturated heterocycles. The van der Waals surface area contributed by atoms with Crippen LogP contribution in [0.4, 0.5) is 4.79 Å². The SMILES string of the molecule is CC(C)(C)OC(=O)N1CCC[C@H](O)[C@H]1CCCO[Si](C)(C)C(C)(C)C. The molecule has 1 rings (SSSR count). The van der Waals surface area contributed by atoms with Gasteiger partial charge in [-0.3, -0.25) is 0 Å². The number of amides is 1. The maximum atomic E-state index is 12.5. The van der Waals surface area contributed by atoms with E-state index in [0.717, 1.165) is 25.7 Å². The van der Waals surface area contributed by atoms with Crippen LogP contribution in [0.25, 0.3) is 0 Å². The van der Waals surface area contributed by atoms with Crippen molar-refractivity contribution < 1.29 is 19.1 Å². The van der Waals surface area contributed by atoms with Gasteiger partial charge >= 0.3 is 6.09 Å². The van der Waals surface area contributed by atoms with Gasteiger partial charge < -0.3 is 19.2 Å². The van der Waals surface area contributed by atoms with E-state index in [4.69, 9.17) is 9.16 Å². The van der Waals surface area contributed by atoms with Crippen molar-refractivity contribution in [2.75, 3.05) is 13.2 Å². The molecule has 1 heterocycles. The van der Waals surface area contributed by atoms with E-state index in [9.17, 15) is 9.90 Å². The summed E-state index contributed by atoms with van der Waals surface area (Å²) in [7, 11) is -1.75. The molecule has 148 valence electrons. The predicted molar refractivity (Wildman–Crippen MR) is 104 cm³/mol. The lowest BCUT2D eigenvalue weighted by atomic mass is 9.95. The molecular weight excluding hydrogens is 334 g/mol. The number of rotatable bonds is 5. The number of ether oxygens (including phenoxy) is 1. The van der Waals surface area contributed by atoms with Gasteiger partial charge in [0, 0.05) is 13.2 Å². The lowest BCUT2D eigenvalue weighted by molar-refractivity contribution is -0.0261. The van der Waals surface area contributed by atoms with E-state index in [1.807, 2.05) is 20.8 Å². The highest BCUT2D eigenvalue weighted by Crippen LogP contribution is 2.36. The lowest BCUT2D eigenvalue weighted by Crippen LogP contribution is -2.52. The van der Waals surface area contributed by atoms with Gasteiger partial charge in [0.15, 0.2) is 8.32 Å². The molecule has 1 aliphatic rings. The number of hydrogen-bond donors (Lipinski definition) is 1. The van der Waals surface area contributed by atoms with E-state index in [1.54, 1.807) is 4.90 Å². The zero-order chi connectivity index (χ0) is 19.5. The molecule has 0 radical (unpaired) electrons. The van der Waals surface area contributed by atoms with Crippen LogP contribution in [-0.2, 0) is 9.16 Å². The number of aliphatic hydroxyl groups excluding tert-OH is 1. The van der Waals surface area contributed by atoms with Crippen molar-refractivity contribution in [2.45, 2.75) is 103 Å². The molecule has 0 bridgehead atoms. The van der Waals surface area contributed by atoms with E-state index >= 15 is 0 Å². The van der Waals surface area contributed by atoms with Crippen LogP contribution in [-0.4, -0.2) is 55.3 Å². The molecule has 2 atom stereocenters. The van der Waals surface area contributed by atoms with Crippen molar-refractivity contribution in [1.29, 1.82) is 0 Å². The van der Waals surface area contributed by atoms with Gasteiger partial charge in [-0.05, 0) is 64.6 Å². The van der Waals surface area contributed by atoms with Gasteiger partial charge in [0.2, 0.25) is 0 Å². The van der Waals surface area contributed by atoms with Crippen molar-refractivity contribution in [1.82, 2.24) is 4.90 Å². The van der Waals surface area contributed by atoms with Gasteiger partial charge in [-0.1, -0.05) is 20.8 Å². The summed E-state index contributed by atoms with van der Waals surface area (Å²) in [5.41, 5.74) is -0.518. The second-order valence-corrected chi connectivity index (χ2v) is 14.5. The fraction of sp³-hybridized carbons (Fsp3) is 0.947. The van der Waals surface area contributed by atoms with Crippen LogP contribution in [0.15, 0.2) is 0 Å². The van der Waals surface area contributed by atoms with Crippen molar-refractivity contribution in [3.8, 4) is 0 Å². The van der Waals surface area contributed by atoms with Crippen LogP contribution in [0.1, 0.15) is 67.2 Å². The maximum Gasteiger partial charge on any atom is 0.410 e. The second kappa shape index (κ2) is 8.40. The summed E-state index contributed by atoms with van der Waals surface area (Å²) in [6.07, 6.45) is 2.35. The number of likely N-dealkylation sites (tertiary alicyclic amines) is 1. The Bertz CT molecular complexity index is 440. The minimum absolute atomic E-state index is 0.174. The van der Waals surface area contributed by atoms with Crippen LogP contribution in [0, 0.1) is 0 Å². The largest absolute Gasteiger partial charge is 0.444 e. The first-order valence-corrected chi connectivity index (χ1v) is 12.5. The lowest BCUT2D eigenvalue weighted by Gasteiger charge is -2.40. The Morgan fingerprint density at radius 1 is 1.20 bits per heavy atom. The molecule has 0 aromatic rings. The van der Waals surface area contributed by atoms with Gasteiger partial charge in [0.25, 0.3) is 0 Å². The topological polar surface area (TPSA) is 59.0 Å². The minimum Gasteiger partial charge on any atom is -0.444 e. The summed E-state index contributed by atoms with van der Waals surface area (Å²) in [5, 5.41) is 10.6. The number of aliphatic hydroxyl groups is 1. The van der Waals surface area contributed by atoms with Gasteiger partial charge in [-0.2, -0.15) is 0 Å². The van der Waals surface area contributed by atoms with E-state index < -0.39 is 20.0 Å². The Morgan fingerprint density at radius 2 is 1.80 bits per heavy atom. The fourth-order valence-electron chi connectivity index (χ4n) is 2.77. The zero-order valence-corrected chi connectivity index (χ0v) is 18.5. The first-order valence-electron chi connectivity index (χ1n) is 9.56. The average molecular weight is 374 g/mol. The Kier molecular flexibility index (Phi) is 7.54. The molecule has 5 nitrogen and oxygen atoms in total. The normalized spacial score (nSPS) is 22.8. The minimum atomic E-state index is -1.75. The molecule has 1 fully saturated rings. The molecule has 0 aliphatic carbocycles. The number of hydrogen-bond acceptors (Lipinski definition) is 4. The maximum absolute atomic E-state index is 12.5. The van der Waals surface area contributed by atoms with Gasteiger partial charge in [-0.25, -0.2) is 4.79 Å². The summed E-state index contributed by atoms with van der Waals surface area (Å²) in [4.78, 5) is 14.2. The molecule has 0 saturated carbocycles. The number of piperidine rings is 1. The summed E-state index contributed by atoms with van der Waals surface area (Å²) >= 11 is 0. The third kappa shape index (κ3) is 6.91. The quantitative estimate of drug-likeness (QED) is 0.567. The third-order valence-electron chi connectivity index (χ3n) is 5.28. The highest BCUT2D eigenvalue weighted by Gasteiger charge is 2.38. The molecule has 6 heteroatoms. The Balaban J connectivity index is 2.59. The van der Waals surface area contributed by atoms with Crippen molar-refractivity contribution in [2.24, 2.45) is 0 Å². The van der Waals surface area contributed by atoms with E-state index in [2.05, 4.69) is 33.9 Å². The molecule has 0 aromatic carbocycles. The monoisotopic (exact) mass is 373 g/mol. The van der Waals surface area contributed by atoms with Crippen LogP contribution in [0.5, 0.6) is 0 Å². The Morgan fingerprint density at radius 3 is 2.32 bits per heavy atom. The highest BCUT2D eigenvalue weighted by atomic mass is 28.4. The number of nitrogens with zero attached hydrogens (tertiary/aromatic N) is 1. The Hall–Kier alpha value is -0.593. The van der Waals surface area contributed by atoms with Crippen LogP contribution in [0.3, 0.4) is 0 Å². The molecule has 0 unspecified atom stereocenters. The average Bonchev–Trinajstić information content (AvgIpc) is 2.41. The Labute approximate surface area is 155 Å². The van der Waals surface area contributed by atoms with Gasteiger partial charge in [-0.15, -0.1) is 0 Å². The first-order chi connectivity index (χ1) is 11.2. The van der Waals surface area contributed by atoms with Crippen molar-refractivity contribution in [3.05, 3.63) is 0 Å². The molecule has 1 N–H and O–H groups in total. The smallest absolute Gasteiger partial charge is 0.410 e. The molecular formula is C19H39NO4Si. The van der Waals surface area contributed by atoms with Crippen molar-refractivity contribution >= 4 is 14.4 Å². The molecule has 1 aliphatic heterocycles. The summed E-state index contributed by atoms with van der Waals surface area (Å²) in [6.45, 7) is 18.1. The first kappa shape index (κ1) is 22.4. The second-order valence-electron chi connectivity index (χ2n) is 9.70. The van der Waals surface area contributed by atoms with E-state index in [-0.39, 0.29) is 17.2 Å². The fourth-order valence-corrected chi connectivity index (χ4v) is 3.86.